The number of nitro groups is 1. The standard InChI is InChI=1S/C26H18ClFN4O8/c1-39-21-11-14(10-20(27)23(21)40-13-22(33)29-16-7-5-15(28)6-8-16)9-19-24(34)30-26(36)31(25(19)35)17-3-2-4-18(12-17)32(37)38/h2-12H,13H2,1H3,(H,29,33)(H,30,34,36)/b19-9-. The molecule has 5 amide bonds. The van der Waals surface area contributed by atoms with E-state index >= 15 is 0 Å². The number of rotatable bonds is 8. The quantitative estimate of drug-likeness (QED) is 0.178. The summed E-state index contributed by atoms with van der Waals surface area (Å²) in [5.41, 5.74) is -0.385. The zero-order valence-electron chi connectivity index (χ0n) is 20.5. The number of urea groups is 1. The molecule has 3 aromatic carbocycles. The summed E-state index contributed by atoms with van der Waals surface area (Å²) in [6, 6.07) is 11.5. The summed E-state index contributed by atoms with van der Waals surface area (Å²) in [6.07, 6.45) is 1.15. The number of imide groups is 2. The van der Waals surface area contributed by atoms with Gasteiger partial charge in [0.05, 0.1) is 22.7 Å². The molecule has 1 fully saturated rings. The Kier molecular flexibility index (Phi) is 8.05. The normalized spacial score (nSPS) is 14.1. The molecule has 2 N–H and O–H groups in total. The molecule has 1 saturated heterocycles. The van der Waals surface area contributed by atoms with Gasteiger partial charge in [-0.15, -0.1) is 0 Å². The molecule has 0 radical (unpaired) electrons. The maximum absolute atomic E-state index is 13.1. The molecule has 0 spiro atoms. The summed E-state index contributed by atoms with van der Waals surface area (Å²) in [6.45, 7) is -0.477. The highest BCUT2D eigenvalue weighted by atomic mass is 35.5. The summed E-state index contributed by atoms with van der Waals surface area (Å²) < 4.78 is 23.8. The molecule has 3 aromatic rings. The van der Waals surface area contributed by atoms with Crippen molar-refractivity contribution in [3.05, 3.63) is 92.8 Å². The Morgan fingerprint density at radius 3 is 2.55 bits per heavy atom. The van der Waals surface area contributed by atoms with Gasteiger partial charge in [0, 0.05) is 17.8 Å². The van der Waals surface area contributed by atoms with E-state index in [2.05, 4.69) is 5.32 Å². The summed E-state index contributed by atoms with van der Waals surface area (Å²) >= 11 is 6.34. The zero-order chi connectivity index (χ0) is 29.0. The number of nitrogens with zero attached hydrogens (tertiary/aromatic N) is 2. The molecule has 0 aliphatic carbocycles. The molecule has 4 rings (SSSR count). The Labute approximate surface area is 230 Å². The summed E-state index contributed by atoms with van der Waals surface area (Å²) in [5, 5.41) is 15.6. The second-order valence-electron chi connectivity index (χ2n) is 8.11. The van der Waals surface area contributed by atoms with E-state index in [0.717, 1.165) is 12.1 Å². The first-order valence-electron chi connectivity index (χ1n) is 11.3. The van der Waals surface area contributed by atoms with E-state index in [-0.39, 0.29) is 33.5 Å². The lowest BCUT2D eigenvalue weighted by molar-refractivity contribution is -0.384. The molecule has 40 heavy (non-hydrogen) atoms. The number of halogens is 2. The number of hydrogen-bond acceptors (Lipinski definition) is 8. The largest absolute Gasteiger partial charge is 0.493 e. The van der Waals surface area contributed by atoms with Crippen LogP contribution in [0.25, 0.3) is 6.08 Å². The third-order valence-electron chi connectivity index (χ3n) is 5.44. The minimum Gasteiger partial charge on any atom is -0.493 e. The van der Waals surface area contributed by atoms with Crippen molar-refractivity contribution < 1.29 is 38.0 Å². The second kappa shape index (κ2) is 11.6. The number of ether oxygens (including phenoxy) is 2. The molecular weight excluding hydrogens is 551 g/mol. The Hall–Kier alpha value is -5.30. The third kappa shape index (κ3) is 6.05. The number of carbonyl (C=O) groups excluding carboxylic acids is 4. The lowest BCUT2D eigenvalue weighted by Crippen LogP contribution is -2.54. The summed E-state index contributed by atoms with van der Waals surface area (Å²) in [5.74, 6) is -2.99. The molecule has 1 heterocycles. The number of nitro benzene ring substituents is 1. The fraction of sp³-hybridized carbons (Fsp3) is 0.0769. The van der Waals surface area contributed by atoms with Crippen LogP contribution in [-0.2, 0) is 14.4 Å². The predicted octanol–water partition coefficient (Wildman–Crippen LogP) is 4.08. The first kappa shape index (κ1) is 27.7. The van der Waals surface area contributed by atoms with Crippen molar-refractivity contribution in [1.29, 1.82) is 0 Å². The fourth-order valence-electron chi connectivity index (χ4n) is 3.64. The van der Waals surface area contributed by atoms with Crippen LogP contribution in [0.1, 0.15) is 5.56 Å². The Balaban J connectivity index is 1.57. The van der Waals surface area contributed by atoms with Gasteiger partial charge in [0.25, 0.3) is 23.4 Å². The number of methoxy groups -OCH3 is 1. The number of non-ortho nitro benzene ring substituents is 1. The maximum Gasteiger partial charge on any atom is 0.335 e. The third-order valence-corrected chi connectivity index (χ3v) is 5.72. The molecule has 1 aliphatic rings. The Bertz CT molecular complexity index is 1580. The van der Waals surface area contributed by atoms with E-state index < -0.39 is 46.7 Å². The van der Waals surface area contributed by atoms with Crippen molar-refractivity contribution in [2.75, 3.05) is 23.9 Å². The van der Waals surface area contributed by atoms with Crippen molar-refractivity contribution in [3.8, 4) is 11.5 Å². The minimum atomic E-state index is -1.08. The summed E-state index contributed by atoms with van der Waals surface area (Å²) in [4.78, 5) is 61.3. The van der Waals surface area contributed by atoms with Crippen molar-refractivity contribution in [2.45, 2.75) is 0 Å². The van der Waals surface area contributed by atoms with Gasteiger partial charge >= 0.3 is 6.03 Å². The number of nitrogens with one attached hydrogen (secondary N) is 2. The lowest BCUT2D eigenvalue weighted by Gasteiger charge is -2.26. The molecule has 0 unspecified atom stereocenters. The van der Waals surface area contributed by atoms with Gasteiger partial charge in [-0.25, -0.2) is 14.1 Å². The van der Waals surface area contributed by atoms with Crippen molar-refractivity contribution >= 4 is 58.5 Å². The van der Waals surface area contributed by atoms with Crippen molar-refractivity contribution in [3.63, 3.8) is 0 Å². The first-order chi connectivity index (χ1) is 19.1. The number of anilines is 2. The molecule has 204 valence electrons. The van der Waals surface area contributed by atoms with Gasteiger partial charge in [0.2, 0.25) is 0 Å². The molecule has 0 atom stereocenters. The predicted molar refractivity (Wildman–Crippen MR) is 141 cm³/mol. The maximum atomic E-state index is 13.1. The Morgan fingerprint density at radius 1 is 1.15 bits per heavy atom. The fourth-order valence-corrected chi connectivity index (χ4v) is 3.91. The van der Waals surface area contributed by atoms with Gasteiger partial charge in [0.15, 0.2) is 18.1 Å². The highest BCUT2D eigenvalue weighted by Crippen LogP contribution is 2.37. The van der Waals surface area contributed by atoms with E-state index in [4.69, 9.17) is 21.1 Å². The van der Waals surface area contributed by atoms with Gasteiger partial charge < -0.3 is 14.8 Å². The lowest BCUT2D eigenvalue weighted by atomic mass is 10.1. The van der Waals surface area contributed by atoms with Crippen LogP contribution in [0.2, 0.25) is 5.02 Å². The van der Waals surface area contributed by atoms with Gasteiger partial charge in [0.1, 0.15) is 11.4 Å². The molecule has 0 bridgehead atoms. The van der Waals surface area contributed by atoms with E-state index in [0.29, 0.717) is 10.6 Å². The number of amides is 5. The van der Waals surface area contributed by atoms with Gasteiger partial charge in [-0.2, -0.15) is 0 Å². The monoisotopic (exact) mass is 568 g/mol. The smallest absolute Gasteiger partial charge is 0.335 e. The highest BCUT2D eigenvalue weighted by molar-refractivity contribution is 6.39. The number of barbiturate groups is 1. The van der Waals surface area contributed by atoms with Crippen LogP contribution >= 0.6 is 11.6 Å². The number of hydrogen-bond donors (Lipinski definition) is 2. The zero-order valence-corrected chi connectivity index (χ0v) is 21.2. The molecule has 12 nitrogen and oxygen atoms in total. The average molecular weight is 569 g/mol. The molecule has 0 aromatic heterocycles. The topological polar surface area (TPSA) is 157 Å². The van der Waals surface area contributed by atoms with Crippen LogP contribution in [0.4, 0.5) is 26.2 Å². The van der Waals surface area contributed by atoms with Crippen LogP contribution < -0.4 is 25.0 Å². The van der Waals surface area contributed by atoms with E-state index in [1.165, 1.54) is 61.7 Å². The van der Waals surface area contributed by atoms with Crippen molar-refractivity contribution in [2.24, 2.45) is 0 Å². The van der Waals surface area contributed by atoms with E-state index in [9.17, 15) is 33.7 Å². The van der Waals surface area contributed by atoms with Crippen LogP contribution in [0.3, 0.4) is 0 Å². The summed E-state index contributed by atoms with van der Waals surface area (Å²) in [7, 11) is 1.30. The van der Waals surface area contributed by atoms with Gasteiger partial charge in [-0.05, 0) is 54.1 Å². The minimum absolute atomic E-state index is 0.00612. The van der Waals surface area contributed by atoms with Crippen LogP contribution in [0, 0.1) is 15.9 Å². The number of benzene rings is 3. The molecular formula is C26H18ClFN4O8. The van der Waals surface area contributed by atoms with Crippen LogP contribution in [-0.4, -0.2) is 42.4 Å². The second-order valence-corrected chi connectivity index (χ2v) is 8.52. The number of carbonyl (C=O) groups is 4. The molecule has 14 heteroatoms. The van der Waals surface area contributed by atoms with Crippen molar-refractivity contribution in [1.82, 2.24) is 5.32 Å². The highest BCUT2D eigenvalue weighted by Gasteiger charge is 2.37. The van der Waals surface area contributed by atoms with E-state index in [1.54, 1.807) is 0 Å². The first-order valence-corrected chi connectivity index (χ1v) is 11.7. The average Bonchev–Trinajstić information content (AvgIpc) is 2.91. The van der Waals surface area contributed by atoms with Crippen LogP contribution in [0.5, 0.6) is 11.5 Å². The Morgan fingerprint density at radius 2 is 1.88 bits per heavy atom. The van der Waals surface area contributed by atoms with Gasteiger partial charge in [-0.1, -0.05) is 17.7 Å². The molecule has 0 saturated carbocycles. The molecule has 1 aliphatic heterocycles. The van der Waals surface area contributed by atoms with E-state index in [1.807, 2.05) is 5.32 Å². The SMILES string of the molecule is COc1cc(/C=C2/C(=O)NC(=O)N(c3cccc([N+](=O)[O-])c3)C2=O)cc(Cl)c1OCC(=O)Nc1ccc(F)cc1. The van der Waals surface area contributed by atoms with Gasteiger partial charge in [-0.3, -0.25) is 29.8 Å². The van der Waals surface area contributed by atoms with Crippen LogP contribution in [0.15, 0.2) is 66.2 Å².